The molecule has 1 aliphatic rings. The second kappa shape index (κ2) is 7.57. The molecule has 0 bridgehead atoms. The van der Waals surface area contributed by atoms with E-state index in [-0.39, 0.29) is 16.5 Å². The van der Waals surface area contributed by atoms with Gasteiger partial charge in [-0.3, -0.25) is 9.59 Å². The first kappa shape index (κ1) is 17.3. The highest BCUT2D eigenvalue weighted by atomic mass is 32.2. The molecule has 3 rings (SSSR count). The van der Waals surface area contributed by atoms with Crippen molar-refractivity contribution in [3.05, 3.63) is 59.2 Å². The number of pyridine rings is 1. The number of anilines is 1. The Morgan fingerprint density at radius 3 is 2.92 bits per heavy atom. The van der Waals surface area contributed by atoms with E-state index in [0.29, 0.717) is 6.54 Å². The summed E-state index contributed by atoms with van der Waals surface area (Å²) in [6.07, 6.45) is 3.26. The molecule has 2 heterocycles. The number of hydrogen-bond donors (Lipinski definition) is 1. The highest BCUT2D eigenvalue weighted by Gasteiger charge is 2.23. The van der Waals surface area contributed by atoms with Gasteiger partial charge in [-0.05, 0) is 43.5 Å². The van der Waals surface area contributed by atoms with Crippen LogP contribution in [0.5, 0.6) is 0 Å². The summed E-state index contributed by atoms with van der Waals surface area (Å²) < 4.78 is 0.771. The lowest BCUT2D eigenvalue weighted by molar-refractivity contribution is -0.115. The van der Waals surface area contributed by atoms with E-state index in [0.717, 1.165) is 35.0 Å². The molecule has 1 aromatic carbocycles. The number of benzene rings is 1. The summed E-state index contributed by atoms with van der Waals surface area (Å²) in [4.78, 5) is 30.0. The second-order valence-electron chi connectivity index (χ2n) is 5.85. The summed E-state index contributed by atoms with van der Waals surface area (Å²) >= 11 is 0.937. The van der Waals surface area contributed by atoms with Gasteiger partial charge in [-0.15, -0.1) is 0 Å². The molecule has 0 fully saturated rings. The molecule has 0 saturated heterocycles. The lowest BCUT2D eigenvalue weighted by Crippen LogP contribution is -2.33. The van der Waals surface area contributed by atoms with E-state index in [9.17, 15) is 14.8 Å². The summed E-state index contributed by atoms with van der Waals surface area (Å²) in [6.45, 7) is 2.69. The zero-order valence-corrected chi connectivity index (χ0v) is 14.7. The summed E-state index contributed by atoms with van der Waals surface area (Å²) in [5.41, 5.74) is 3.41. The van der Waals surface area contributed by atoms with Gasteiger partial charge in [-0.2, -0.15) is 9.72 Å². The highest BCUT2D eigenvalue weighted by molar-refractivity contribution is 8.14. The van der Waals surface area contributed by atoms with Crippen LogP contribution in [0.3, 0.4) is 0 Å². The predicted octanol–water partition coefficient (Wildman–Crippen LogP) is 2.77. The van der Waals surface area contributed by atoms with Crippen molar-refractivity contribution in [1.29, 1.82) is 0 Å². The van der Waals surface area contributed by atoms with Gasteiger partial charge in [0, 0.05) is 18.4 Å². The van der Waals surface area contributed by atoms with Crippen LogP contribution in [0.15, 0.2) is 47.6 Å². The molecule has 1 aromatic heterocycles. The number of rotatable bonds is 2. The lowest BCUT2D eigenvalue weighted by atomic mass is 10.0. The number of thioether (sulfide) groups is 1. The first-order chi connectivity index (χ1) is 12.0. The van der Waals surface area contributed by atoms with E-state index >= 15 is 0 Å². The van der Waals surface area contributed by atoms with Crippen LogP contribution >= 0.6 is 11.8 Å². The summed E-state index contributed by atoms with van der Waals surface area (Å²) in [5, 5.41) is 9.41. The van der Waals surface area contributed by atoms with E-state index in [2.05, 4.69) is 11.1 Å². The number of amides is 2. The Balaban J connectivity index is 1.67. The average molecular weight is 357 g/mol. The largest absolute Gasteiger partial charge is 0.427 e. The van der Waals surface area contributed by atoms with E-state index in [1.807, 2.05) is 19.1 Å². The number of aryl methyl sites for hydroxylation is 2. The van der Waals surface area contributed by atoms with Crippen LogP contribution < -0.4 is 10.4 Å². The number of fused-ring (bicyclic) bond motifs is 1. The quantitative estimate of drug-likeness (QED) is 0.839. The molecular formula is C18H19N3O3S. The minimum absolute atomic E-state index is 0.0641. The van der Waals surface area contributed by atoms with E-state index in [4.69, 9.17) is 0 Å². The minimum atomic E-state index is -0.464. The molecule has 0 spiro atoms. The van der Waals surface area contributed by atoms with Crippen molar-refractivity contribution in [2.45, 2.75) is 19.8 Å². The first-order valence-electron chi connectivity index (χ1n) is 8.03. The van der Waals surface area contributed by atoms with Gasteiger partial charge in [0.2, 0.25) is 0 Å². The molecular weight excluding hydrogens is 338 g/mol. The Morgan fingerprint density at radius 2 is 2.12 bits per heavy atom. The van der Waals surface area contributed by atoms with E-state index in [1.165, 1.54) is 23.4 Å². The molecule has 2 aromatic rings. The fraction of sp³-hybridized carbons (Fsp3) is 0.278. The second-order valence-corrected chi connectivity index (χ2v) is 6.78. The molecule has 2 amide bonds. The van der Waals surface area contributed by atoms with Gasteiger partial charge in [-0.1, -0.05) is 35.5 Å². The molecule has 7 heteroatoms. The smallest absolute Gasteiger partial charge is 0.286 e. The standard InChI is InChI=1S/C18H19N3O3S/c1-13-7-8-15-14(11-13)5-4-9-20(15)18(23)25-12-17(22)19-16-6-2-3-10-21(16)24/h2-3,6-8,10-11,24H,4-5,9,12H2,1H3. The number of nitrogens with zero attached hydrogens (tertiary/aromatic N) is 3. The molecule has 1 N–H and O–H groups in total. The molecule has 0 aliphatic carbocycles. The summed E-state index contributed by atoms with van der Waals surface area (Å²) in [5.74, 6) is -0.528. The maximum absolute atomic E-state index is 12.5. The van der Waals surface area contributed by atoms with Crippen LogP contribution in [-0.2, 0) is 11.2 Å². The van der Waals surface area contributed by atoms with Gasteiger partial charge >= 0.3 is 0 Å². The van der Waals surface area contributed by atoms with Crippen LogP contribution in [0, 0.1) is 6.92 Å². The Hall–Kier alpha value is -2.54. The monoisotopic (exact) mass is 357 g/mol. The Morgan fingerprint density at radius 1 is 1.28 bits per heavy atom. The molecule has 0 unspecified atom stereocenters. The number of hydrogen-bond acceptors (Lipinski definition) is 4. The molecule has 0 saturated carbocycles. The Kier molecular flexibility index (Phi) is 5.23. The summed E-state index contributed by atoms with van der Waals surface area (Å²) in [6, 6.07) is 10.9. The van der Waals surface area contributed by atoms with Crippen molar-refractivity contribution >= 4 is 28.6 Å². The number of aromatic nitrogens is 1. The third kappa shape index (κ3) is 4.11. The Bertz CT molecular complexity index is 876. The predicted molar refractivity (Wildman–Crippen MR) is 96.9 cm³/mol. The highest BCUT2D eigenvalue weighted by Crippen LogP contribution is 2.30. The molecule has 0 atom stereocenters. The third-order valence-electron chi connectivity index (χ3n) is 3.95. The maximum atomic E-state index is 12.5. The fourth-order valence-electron chi connectivity index (χ4n) is 2.79. The van der Waals surface area contributed by atoms with Crippen molar-refractivity contribution in [3.8, 4) is 0 Å². The van der Waals surface area contributed by atoms with E-state index < -0.39 is 5.91 Å². The zero-order valence-electron chi connectivity index (χ0n) is 13.9. The van der Waals surface area contributed by atoms with Gasteiger partial charge < -0.3 is 10.1 Å². The number of carbonyl (C=O) groups excluding carboxylic acids is 2. The maximum Gasteiger partial charge on any atom is 0.286 e. The van der Waals surface area contributed by atoms with Gasteiger partial charge in [-0.25, -0.2) is 0 Å². The van der Waals surface area contributed by atoms with Gasteiger partial charge in [0.1, 0.15) is 0 Å². The molecule has 130 valence electrons. The lowest BCUT2D eigenvalue weighted by Gasteiger charge is -2.29. The SMILES string of the molecule is Cc1ccc2c(c1)CCCN2C(=O)SCC(=O)N=c1ccccn1O. The van der Waals surface area contributed by atoms with Crippen molar-refractivity contribution < 1.29 is 14.8 Å². The molecule has 6 nitrogen and oxygen atoms in total. The topological polar surface area (TPSA) is 74.9 Å². The van der Waals surface area contributed by atoms with Crippen LogP contribution in [0.4, 0.5) is 10.5 Å². The van der Waals surface area contributed by atoms with Crippen molar-refractivity contribution in [2.24, 2.45) is 4.99 Å². The zero-order chi connectivity index (χ0) is 17.8. The first-order valence-corrected chi connectivity index (χ1v) is 9.01. The van der Waals surface area contributed by atoms with Crippen LogP contribution in [0.1, 0.15) is 17.5 Å². The van der Waals surface area contributed by atoms with Crippen molar-refractivity contribution in [3.63, 3.8) is 0 Å². The van der Waals surface area contributed by atoms with Crippen LogP contribution in [0.25, 0.3) is 0 Å². The fourth-order valence-corrected chi connectivity index (χ4v) is 3.45. The Labute approximate surface area is 149 Å². The van der Waals surface area contributed by atoms with Gasteiger partial charge in [0.15, 0.2) is 5.49 Å². The third-order valence-corrected chi connectivity index (χ3v) is 4.81. The minimum Gasteiger partial charge on any atom is -0.427 e. The van der Waals surface area contributed by atoms with Gasteiger partial charge in [0.05, 0.1) is 5.75 Å². The van der Waals surface area contributed by atoms with Crippen molar-refractivity contribution in [1.82, 2.24) is 4.73 Å². The van der Waals surface area contributed by atoms with Crippen LogP contribution in [-0.4, -0.2) is 33.4 Å². The summed E-state index contributed by atoms with van der Waals surface area (Å²) in [7, 11) is 0. The van der Waals surface area contributed by atoms with Crippen LogP contribution in [0.2, 0.25) is 0 Å². The van der Waals surface area contributed by atoms with E-state index in [1.54, 1.807) is 17.0 Å². The average Bonchev–Trinajstić information content (AvgIpc) is 2.61. The molecule has 1 aliphatic heterocycles. The van der Waals surface area contributed by atoms with Gasteiger partial charge in [0.25, 0.3) is 11.1 Å². The number of carbonyl (C=O) groups is 2. The molecule has 25 heavy (non-hydrogen) atoms. The molecule has 0 radical (unpaired) electrons. The normalized spacial score (nSPS) is 14.3. The van der Waals surface area contributed by atoms with Crippen molar-refractivity contribution in [2.75, 3.05) is 17.2 Å².